The van der Waals surface area contributed by atoms with Gasteiger partial charge in [-0.1, -0.05) is 60.7 Å². The number of likely N-dealkylation sites (tertiary alicyclic amines) is 1. The number of carbonyl (C=O) groups excluding carboxylic acids is 1. The molecular formula is C43H44F5N3O4. The minimum Gasteiger partial charge on any atom is -0.465 e. The summed E-state index contributed by atoms with van der Waals surface area (Å²) < 4.78 is 81.2. The second kappa shape index (κ2) is 18.1. The number of fused-ring (bicyclic) bond motifs is 1. The zero-order chi connectivity index (χ0) is 39.0. The normalized spacial score (nSPS) is 14.2. The van der Waals surface area contributed by atoms with Crippen molar-refractivity contribution < 1.29 is 36.2 Å². The standard InChI is InChI=1S/C43H44F5N3O4/c1-2-55-41(53)28-49-22-20-35(21-23-49)50(27-30-10-12-31(13-11-30)32-14-17-34(18-15-32)43(46,47)48)29-54-25-24-51-36(19-16-33-6-5-8-38(44)42(33)45)26-40(52)37-7-3-4-9-39(37)51/h3-15,17-18,26,35H,2,16,19-25,27-29H2,1H3. The highest BCUT2D eigenvalue weighted by molar-refractivity contribution is 5.79. The largest absolute Gasteiger partial charge is 0.465 e. The van der Waals surface area contributed by atoms with Crippen LogP contribution in [0.4, 0.5) is 22.0 Å². The highest BCUT2D eigenvalue weighted by atomic mass is 19.4. The van der Waals surface area contributed by atoms with Gasteiger partial charge in [-0.3, -0.25) is 19.4 Å². The molecule has 55 heavy (non-hydrogen) atoms. The van der Waals surface area contributed by atoms with Crippen molar-refractivity contribution in [3.63, 3.8) is 0 Å². The van der Waals surface area contributed by atoms with Gasteiger partial charge in [-0.05, 0) is 85.2 Å². The van der Waals surface area contributed by atoms with E-state index < -0.39 is 23.4 Å². The zero-order valence-electron chi connectivity index (χ0n) is 30.7. The average Bonchev–Trinajstić information content (AvgIpc) is 3.18. The van der Waals surface area contributed by atoms with Gasteiger partial charge < -0.3 is 14.0 Å². The van der Waals surface area contributed by atoms with Gasteiger partial charge in [-0.2, -0.15) is 13.2 Å². The molecule has 6 rings (SSSR count). The van der Waals surface area contributed by atoms with E-state index in [-0.39, 0.29) is 36.0 Å². The number of hydrogen-bond donors (Lipinski definition) is 0. The number of esters is 1. The van der Waals surface area contributed by atoms with Gasteiger partial charge in [0.2, 0.25) is 0 Å². The predicted octanol–water partition coefficient (Wildman–Crippen LogP) is 8.25. The van der Waals surface area contributed by atoms with Crippen LogP contribution in [-0.2, 0) is 46.4 Å². The van der Waals surface area contributed by atoms with Crippen LogP contribution in [0.2, 0.25) is 0 Å². The molecule has 0 bridgehead atoms. The molecule has 0 N–H and O–H groups in total. The van der Waals surface area contributed by atoms with E-state index >= 15 is 0 Å². The number of aromatic nitrogens is 1. The van der Waals surface area contributed by atoms with Crippen molar-refractivity contribution in [1.29, 1.82) is 0 Å². The number of alkyl halides is 3. The zero-order valence-corrected chi connectivity index (χ0v) is 30.7. The lowest BCUT2D eigenvalue weighted by Gasteiger charge is -2.38. The predicted molar refractivity (Wildman–Crippen MR) is 201 cm³/mol. The second-order valence-corrected chi connectivity index (χ2v) is 13.8. The summed E-state index contributed by atoms with van der Waals surface area (Å²) in [6, 6.07) is 25.9. The fraction of sp³-hybridized carbons (Fsp3) is 0.349. The van der Waals surface area contributed by atoms with E-state index in [0.29, 0.717) is 69.2 Å². The van der Waals surface area contributed by atoms with Crippen molar-refractivity contribution >= 4 is 16.9 Å². The first kappa shape index (κ1) is 39.8. The van der Waals surface area contributed by atoms with Gasteiger partial charge in [-0.15, -0.1) is 0 Å². The number of aryl methyl sites for hydroxylation is 2. The summed E-state index contributed by atoms with van der Waals surface area (Å²) in [7, 11) is 0. The molecule has 2 heterocycles. The maximum Gasteiger partial charge on any atom is 0.416 e. The number of piperidine rings is 1. The summed E-state index contributed by atoms with van der Waals surface area (Å²) in [5.41, 5.74) is 3.31. The number of benzene rings is 4. The maximum absolute atomic E-state index is 14.5. The molecule has 0 unspecified atom stereocenters. The second-order valence-electron chi connectivity index (χ2n) is 13.8. The quantitative estimate of drug-likeness (QED) is 0.0464. The topological polar surface area (TPSA) is 64.0 Å². The molecule has 0 aliphatic carbocycles. The van der Waals surface area contributed by atoms with Crippen LogP contribution in [0.1, 0.15) is 42.1 Å². The molecule has 0 spiro atoms. The first-order valence-electron chi connectivity index (χ1n) is 18.5. The van der Waals surface area contributed by atoms with E-state index in [1.165, 1.54) is 18.2 Å². The summed E-state index contributed by atoms with van der Waals surface area (Å²) in [5.74, 6) is -2.04. The van der Waals surface area contributed by atoms with E-state index in [1.807, 2.05) is 41.0 Å². The van der Waals surface area contributed by atoms with E-state index in [4.69, 9.17) is 9.47 Å². The molecule has 4 aromatic carbocycles. The Labute approximate surface area is 316 Å². The summed E-state index contributed by atoms with van der Waals surface area (Å²) in [4.78, 5) is 29.5. The van der Waals surface area contributed by atoms with Gasteiger partial charge in [0.1, 0.15) is 0 Å². The first-order chi connectivity index (χ1) is 26.5. The molecule has 0 radical (unpaired) electrons. The third-order valence-corrected chi connectivity index (χ3v) is 10.1. The van der Waals surface area contributed by atoms with Crippen LogP contribution in [0.15, 0.2) is 102 Å². The van der Waals surface area contributed by atoms with Gasteiger partial charge in [0.05, 0.1) is 37.6 Å². The number of nitrogens with zero attached hydrogens (tertiary/aromatic N) is 3. The Balaban J connectivity index is 1.16. The molecule has 1 aromatic heterocycles. The smallest absolute Gasteiger partial charge is 0.416 e. The molecule has 1 aliphatic heterocycles. The number of pyridine rings is 1. The number of carbonyl (C=O) groups is 1. The Morgan fingerprint density at radius 1 is 0.873 bits per heavy atom. The highest BCUT2D eigenvalue weighted by Gasteiger charge is 2.30. The van der Waals surface area contributed by atoms with Crippen molar-refractivity contribution in [2.75, 3.05) is 39.6 Å². The Kier molecular flexibility index (Phi) is 13.1. The van der Waals surface area contributed by atoms with Gasteiger partial charge in [-0.25, -0.2) is 8.78 Å². The minimum absolute atomic E-state index is 0.146. The van der Waals surface area contributed by atoms with E-state index in [9.17, 15) is 31.5 Å². The molecule has 1 saturated heterocycles. The van der Waals surface area contributed by atoms with Crippen LogP contribution in [0.5, 0.6) is 0 Å². The molecule has 0 amide bonds. The summed E-state index contributed by atoms with van der Waals surface area (Å²) in [6.07, 6.45) is -2.26. The van der Waals surface area contributed by atoms with Crippen LogP contribution in [0.3, 0.4) is 0 Å². The minimum atomic E-state index is -4.40. The van der Waals surface area contributed by atoms with Crippen LogP contribution in [0.25, 0.3) is 22.0 Å². The Hall–Kier alpha value is -4.91. The lowest BCUT2D eigenvalue weighted by molar-refractivity contribution is -0.145. The summed E-state index contributed by atoms with van der Waals surface area (Å²) in [5, 5.41) is 0.555. The molecule has 1 aliphatic rings. The van der Waals surface area contributed by atoms with Crippen molar-refractivity contribution in [3.05, 3.63) is 141 Å². The van der Waals surface area contributed by atoms with Gasteiger partial charge >= 0.3 is 12.1 Å². The van der Waals surface area contributed by atoms with Crippen molar-refractivity contribution in [3.8, 4) is 11.1 Å². The summed E-state index contributed by atoms with van der Waals surface area (Å²) >= 11 is 0. The van der Waals surface area contributed by atoms with Crippen LogP contribution in [-0.4, -0.2) is 66.0 Å². The van der Waals surface area contributed by atoms with Gasteiger partial charge in [0, 0.05) is 49.4 Å². The third-order valence-electron chi connectivity index (χ3n) is 10.1. The lowest BCUT2D eigenvalue weighted by Crippen LogP contribution is -2.46. The molecule has 290 valence electrons. The SMILES string of the molecule is CCOC(=O)CN1CCC(N(COCCn2c(CCc3cccc(F)c3F)cc(=O)c3ccccc32)Cc2ccc(-c3ccc(C(F)(F)F)cc3)cc2)CC1. The summed E-state index contributed by atoms with van der Waals surface area (Å²) in [6.45, 7) is 5.36. The van der Waals surface area contributed by atoms with Crippen LogP contribution in [0, 0.1) is 11.6 Å². The molecule has 0 saturated carbocycles. The van der Waals surface area contributed by atoms with Crippen molar-refractivity contribution in [2.45, 2.75) is 57.9 Å². The monoisotopic (exact) mass is 761 g/mol. The van der Waals surface area contributed by atoms with E-state index in [1.54, 1.807) is 31.2 Å². The molecule has 1 fully saturated rings. The number of ether oxygens (including phenoxy) is 2. The number of rotatable bonds is 15. The fourth-order valence-corrected chi connectivity index (χ4v) is 7.19. The van der Waals surface area contributed by atoms with Crippen molar-refractivity contribution in [1.82, 2.24) is 14.4 Å². The highest BCUT2D eigenvalue weighted by Crippen LogP contribution is 2.31. The average molecular weight is 762 g/mol. The van der Waals surface area contributed by atoms with Crippen LogP contribution < -0.4 is 5.43 Å². The van der Waals surface area contributed by atoms with Crippen LogP contribution >= 0.6 is 0 Å². The molecule has 7 nitrogen and oxygen atoms in total. The van der Waals surface area contributed by atoms with E-state index in [2.05, 4.69) is 9.80 Å². The Morgan fingerprint density at radius 3 is 2.25 bits per heavy atom. The Bertz CT molecular complexity index is 2110. The first-order valence-corrected chi connectivity index (χ1v) is 18.5. The number of halogens is 5. The maximum atomic E-state index is 14.5. The number of hydrogen-bond acceptors (Lipinski definition) is 6. The lowest BCUT2D eigenvalue weighted by atomic mass is 10.0. The van der Waals surface area contributed by atoms with E-state index in [0.717, 1.165) is 47.7 Å². The molecular weight excluding hydrogens is 717 g/mol. The Morgan fingerprint density at radius 2 is 1.56 bits per heavy atom. The third kappa shape index (κ3) is 10.2. The fourth-order valence-electron chi connectivity index (χ4n) is 7.19. The van der Waals surface area contributed by atoms with Gasteiger partial charge in [0.15, 0.2) is 17.1 Å². The molecule has 0 atom stereocenters. The van der Waals surface area contributed by atoms with Gasteiger partial charge in [0.25, 0.3) is 0 Å². The number of para-hydroxylation sites is 1. The molecule has 12 heteroatoms. The van der Waals surface area contributed by atoms with Crippen molar-refractivity contribution in [2.24, 2.45) is 0 Å². The molecule has 5 aromatic rings.